The fourth-order valence-corrected chi connectivity index (χ4v) is 2.60. The number of ether oxygens (including phenoxy) is 1. The molecule has 0 amide bonds. The number of benzene rings is 2. The van der Waals surface area contributed by atoms with Crippen LogP contribution in [-0.2, 0) is 12.0 Å². The lowest BCUT2D eigenvalue weighted by atomic mass is 9.86. The lowest BCUT2D eigenvalue weighted by Crippen LogP contribution is -2.35. The smallest absolute Gasteiger partial charge is 0.119 e. The normalized spacial score (nSPS) is 13.9. The van der Waals surface area contributed by atoms with Gasteiger partial charge in [-0.2, -0.15) is 0 Å². The summed E-state index contributed by atoms with van der Waals surface area (Å²) in [4.78, 5) is 0. The standard InChI is InChI=1S/C16H18BrNO/c1-16(18,11-12-5-3-7-14(17)9-12)13-6-4-8-15(10-13)19-2/h3-10H,11,18H2,1-2H3. The molecule has 2 nitrogen and oxygen atoms in total. The summed E-state index contributed by atoms with van der Waals surface area (Å²) < 4.78 is 6.33. The van der Waals surface area contributed by atoms with Crippen molar-refractivity contribution in [3.8, 4) is 5.75 Å². The summed E-state index contributed by atoms with van der Waals surface area (Å²) in [5.41, 5.74) is 8.34. The van der Waals surface area contributed by atoms with Gasteiger partial charge in [0.1, 0.15) is 5.75 Å². The number of halogens is 1. The van der Waals surface area contributed by atoms with Gasteiger partial charge >= 0.3 is 0 Å². The fourth-order valence-electron chi connectivity index (χ4n) is 2.15. The Morgan fingerprint density at radius 2 is 1.89 bits per heavy atom. The first-order valence-electron chi connectivity index (χ1n) is 6.19. The average molecular weight is 320 g/mol. The molecule has 0 bridgehead atoms. The number of rotatable bonds is 4. The zero-order valence-corrected chi connectivity index (χ0v) is 12.8. The minimum absolute atomic E-state index is 0.421. The Hall–Kier alpha value is -1.32. The highest BCUT2D eigenvalue weighted by molar-refractivity contribution is 9.10. The highest BCUT2D eigenvalue weighted by Gasteiger charge is 2.22. The van der Waals surface area contributed by atoms with Crippen molar-refractivity contribution in [2.45, 2.75) is 18.9 Å². The van der Waals surface area contributed by atoms with Gasteiger partial charge in [0, 0.05) is 10.0 Å². The van der Waals surface area contributed by atoms with E-state index in [-0.39, 0.29) is 0 Å². The zero-order chi connectivity index (χ0) is 13.9. The van der Waals surface area contributed by atoms with Crippen LogP contribution < -0.4 is 10.5 Å². The van der Waals surface area contributed by atoms with Crippen molar-refractivity contribution < 1.29 is 4.74 Å². The maximum atomic E-state index is 6.47. The molecule has 0 spiro atoms. The van der Waals surface area contributed by atoms with E-state index in [1.807, 2.05) is 43.3 Å². The molecule has 0 radical (unpaired) electrons. The number of hydrogen-bond donors (Lipinski definition) is 1. The number of nitrogens with two attached hydrogens (primary N) is 1. The SMILES string of the molecule is COc1cccc(C(C)(N)Cc2cccc(Br)c2)c1. The van der Waals surface area contributed by atoms with Gasteiger partial charge < -0.3 is 10.5 Å². The van der Waals surface area contributed by atoms with Gasteiger partial charge in [-0.3, -0.25) is 0 Å². The van der Waals surface area contributed by atoms with E-state index >= 15 is 0 Å². The third-order valence-corrected chi connectivity index (χ3v) is 3.68. The first-order chi connectivity index (χ1) is 9.01. The van der Waals surface area contributed by atoms with Gasteiger partial charge in [-0.25, -0.2) is 0 Å². The molecule has 0 aliphatic heterocycles. The molecule has 0 aliphatic carbocycles. The molecule has 0 fully saturated rings. The molecule has 2 rings (SSSR count). The van der Waals surface area contributed by atoms with Crippen LogP contribution in [0, 0.1) is 0 Å². The van der Waals surface area contributed by atoms with Crippen LogP contribution in [-0.4, -0.2) is 7.11 Å². The van der Waals surface area contributed by atoms with E-state index in [1.54, 1.807) is 7.11 Å². The summed E-state index contributed by atoms with van der Waals surface area (Å²) in [6.45, 7) is 2.04. The van der Waals surface area contributed by atoms with Crippen molar-refractivity contribution in [1.29, 1.82) is 0 Å². The molecule has 0 heterocycles. The highest BCUT2D eigenvalue weighted by atomic mass is 79.9. The van der Waals surface area contributed by atoms with E-state index in [2.05, 4.69) is 28.1 Å². The summed E-state index contributed by atoms with van der Waals surface area (Å²) in [6.07, 6.45) is 0.777. The first kappa shape index (κ1) is 14.1. The van der Waals surface area contributed by atoms with Crippen LogP contribution in [0.25, 0.3) is 0 Å². The maximum Gasteiger partial charge on any atom is 0.119 e. The number of hydrogen-bond acceptors (Lipinski definition) is 2. The van der Waals surface area contributed by atoms with E-state index in [9.17, 15) is 0 Å². The molecule has 1 atom stereocenters. The molecule has 0 aromatic heterocycles. The van der Waals surface area contributed by atoms with Crippen LogP contribution in [0.2, 0.25) is 0 Å². The van der Waals surface area contributed by atoms with Crippen molar-refractivity contribution in [3.63, 3.8) is 0 Å². The highest BCUT2D eigenvalue weighted by Crippen LogP contribution is 2.26. The minimum Gasteiger partial charge on any atom is -0.497 e. The van der Waals surface area contributed by atoms with E-state index in [0.29, 0.717) is 0 Å². The molecule has 0 saturated heterocycles. The van der Waals surface area contributed by atoms with Crippen LogP contribution in [0.5, 0.6) is 5.75 Å². The third-order valence-electron chi connectivity index (χ3n) is 3.19. The Morgan fingerprint density at radius 1 is 1.16 bits per heavy atom. The first-order valence-corrected chi connectivity index (χ1v) is 6.98. The van der Waals surface area contributed by atoms with Gasteiger partial charge in [0.2, 0.25) is 0 Å². The Balaban J connectivity index is 2.26. The second-order valence-electron chi connectivity index (χ2n) is 4.96. The molecule has 3 heteroatoms. The molecular formula is C16H18BrNO. The van der Waals surface area contributed by atoms with Crippen LogP contribution in [0.1, 0.15) is 18.1 Å². The van der Waals surface area contributed by atoms with Crippen molar-refractivity contribution in [2.75, 3.05) is 7.11 Å². The topological polar surface area (TPSA) is 35.2 Å². The van der Waals surface area contributed by atoms with Crippen LogP contribution in [0.15, 0.2) is 53.0 Å². The van der Waals surface area contributed by atoms with E-state index in [4.69, 9.17) is 10.5 Å². The van der Waals surface area contributed by atoms with Crippen LogP contribution in [0.3, 0.4) is 0 Å². The quantitative estimate of drug-likeness (QED) is 0.928. The number of methoxy groups -OCH3 is 1. The Kier molecular flexibility index (Phi) is 4.27. The van der Waals surface area contributed by atoms with Gasteiger partial charge in [-0.15, -0.1) is 0 Å². The Bertz CT molecular complexity index is 566. The third kappa shape index (κ3) is 3.58. The molecule has 0 saturated carbocycles. The average Bonchev–Trinajstić information content (AvgIpc) is 2.38. The van der Waals surface area contributed by atoms with E-state index in [1.165, 1.54) is 5.56 Å². The lowest BCUT2D eigenvalue weighted by molar-refractivity contribution is 0.410. The molecule has 2 N–H and O–H groups in total. The van der Waals surface area contributed by atoms with Crippen molar-refractivity contribution in [3.05, 3.63) is 64.1 Å². The summed E-state index contributed by atoms with van der Waals surface area (Å²) >= 11 is 3.49. The lowest BCUT2D eigenvalue weighted by Gasteiger charge is -2.26. The van der Waals surface area contributed by atoms with Gasteiger partial charge in [-0.1, -0.05) is 40.2 Å². The summed E-state index contributed by atoms with van der Waals surface area (Å²) in [7, 11) is 1.67. The molecular weight excluding hydrogens is 302 g/mol. The van der Waals surface area contributed by atoms with Crippen molar-refractivity contribution in [1.82, 2.24) is 0 Å². The zero-order valence-electron chi connectivity index (χ0n) is 11.2. The molecule has 0 aliphatic rings. The van der Waals surface area contributed by atoms with Gasteiger partial charge in [-0.05, 0) is 48.7 Å². The maximum absolute atomic E-state index is 6.47. The van der Waals surface area contributed by atoms with E-state index in [0.717, 1.165) is 22.2 Å². The monoisotopic (exact) mass is 319 g/mol. The second-order valence-corrected chi connectivity index (χ2v) is 5.87. The molecule has 2 aromatic rings. The Morgan fingerprint density at radius 3 is 2.58 bits per heavy atom. The summed E-state index contributed by atoms with van der Waals surface area (Å²) in [5.74, 6) is 0.836. The van der Waals surface area contributed by atoms with Crippen LogP contribution in [0.4, 0.5) is 0 Å². The van der Waals surface area contributed by atoms with Crippen molar-refractivity contribution in [2.24, 2.45) is 5.73 Å². The molecule has 1 unspecified atom stereocenters. The predicted molar refractivity (Wildman–Crippen MR) is 82.4 cm³/mol. The van der Waals surface area contributed by atoms with Gasteiger partial charge in [0.25, 0.3) is 0 Å². The second kappa shape index (κ2) is 5.76. The predicted octanol–water partition coefficient (Wildman–Crippen LogP) is 3.87. The summed E-state index contributed by atoms with van der Waals surface area (Å²) in [5, 5.41) is 0. The largest absolute Gasteiger partial charge is 0.497 e. The van der Waals surface area contributed by atoms with Gasteiger partial charge in [0.05, 0.1) is 7.11 Å². The van der Waals surface area contributed by atoms with E-state index < -0.39 is 5.54 Å². The fraction of sp³-hybridized carbons (Fsp3) is 0.250. The Labute approximate surface area is 122 Å². The molecule has 19 heavy (non-hydrogen) atoms. The molecule has 100 valence electrons. The van der Waals surface area contributed by atoms with Crippen LogP contribution >= 0.6 is 15.9 Å². The minimum atomic E-state index is -0.421. The molecule has 2 aromatic carbocycles. The summed E-state index contributed by atoms with van der Waals surface area (Å²) in [6, 6.07) is 16.2. The van der Waals surface area contributed by atoms with Crippen molar-refractivity contribution >= 4 is 15.9 Å². The van der Waals surface area contributed by atoms with Gasteiger partial charge in [0.15, 0.2) is 0 Å².